The zero-order chi connectivity index (χ0) is 28.2. The molecule has 3 N–H and O–H groups in total. The van der Waals surface area contributed by atoms with E-state index < -0.39 is 35.3 Å². The Morgan fingerprint density at radius 1 is 0.725 bits per heavy atom. The summed E-state index contributed by atoms with van der Waals surface area (Å²) in [6.07, 6.45) is -0.773. The van der Waals surface area contributed by atoms with E-state index in [-0.39, 0.29) is 12.4 Å². The summed E-state index contributed by atoms with van der Waals surface area (Å²) in [4.78, 5) is 37.0. The molecule has 0 heterocycles. The Balaban J connectivity index is 1.65. The first kappa shape index (κ1) is 28.4. The number of aliphatic carboxylic acids is 1. The first-order chi connectivity index (χ1) is 19.5. The van der Waals surface area contributed by atoms with Crippen LogP contribution in [0.5, 0.6) is 0 Å². The van der Waals surface area contributed by atoms with Gasteiger partial charge in [0.1, 0.15) is 19.2 Å². The van der Waals surface area contributed by atoms with Crippen LogP contribution in [0.15, 0.2) is 121 Å². The molecule has 0 aliphatic rings. The zero-order valence-electron chi connectivity index (χ0n) is 21.7. The van der Waals surface area contributed by atoms with Gasteiger partial charge in [0.25, 0.3) is 0 Å². The first-order valence-electron chi connectivity index (χ1n) is 12.8. The summed E-state index contributed by atoms with van der Waals surface area (Å²) in [5.74, 6) is -1.67. The van der Waals surface area contributed by atoms with E-state index in [9.17, 15) is 14.4 Å². The maximum Gasteiger partial charge on any atom is 0.408 e. The van der Waals surface area contributed by atoms with Crippen molar-refractivity contribution in [2.45, 2.75) is 17.4 Å². The van der Waals surface area contributed by atoms with Gasteiger partial charge in [-0.3, -0.25) is 9.59 Å². The lowest BCUT2D eigenvalue weighted by atomic mass is 9.84. The fourth-order valence-electron chi connectivity index (χ4n) is 4.35. The van der Waals surface area contributed by atoms with Crippen LogP contribution in [0.25, 0.3) is 0 Å². The Morgan fingerprint density at radius 3 is 1.62 bits per heavy atom. The number of ether oxygens (including phenoxy) is 1. The molecule has 0 aliphatic heterocycles. The molecular formula is C32H30N2O5S. The number of thioether (sulfide) groups is 1. The maximum absolute atomic E-state index is 13.1. The van der Waals surface area contributed by atoms with Crippen LogP contribution >= 0.6 is 11.8 Å². The molecule has 0 saturated carbocycles. The van der Waals surface area contributed by atoms with Crippen LogP contribution in [0.1, 0.15) is 22.3 Å². The second-order valence-electron chi connectivity index (χ2n) is 8.96. The van der Waals surface area contributed by atoms with Crippen molar-refractivity contribution in [1.29, 1.82) is 0 Å². The van der Waals surface area contributed by atoms with Gasteiger partial charge in [0.05, 0.1) is 4.75 Å². The van der Waals surface area contributed by atoms with E-state index >= 15 is 0 Å². The summed E-state index contributed by atoms with van der Waals surface area (Å²) in [7, 11) is 0. The smallest absolute Gasteiger partial charge is 0.408 e. The van der Waals surface area contributed by atoms with Gasteiger partial charge in [-0.2, -0.15) is 0 Å². The molecule has 40 heavy (non-hydrogen) atoms. The lowest BCUT2D eigenvalue weighted by Crippen LogP contribution is -2.50. The molecular weight excluding hydrogens is 524 g/mol. The van der Waals surface area contributed by atoms with Gasteiger partial charge in [0.15, 0.2) is 0 Å². The molecule has 204 valence electrons. The highest BCUT2D eigenvalue weighted by Crippen LogP contribution is 2.48. The van der Waals surface area contributed by atoms with E-state index in [4.69, 9.17) is 9.84 Å². The number of hydrogen-bond donors (Lipinski definition) is 3. The normalized spacial score (nSPS) is 11.7. The molecule has 7 nitrogen and oxygen atoms in total. The van der Waals surface area contributed by atoms with Gasteiger partial charge in [0, 0.05) is 5.75 Å². The third kappa shape index (κ3) is 7.30. The Labute approximate surface area is 237 Å². The molecule has 4 rings (SSSR count). The number of alkyl carbamates (subject to hydrolysis) is 1. The average molecular weight is 555 g/mol. The largest absolute Gasteiger partial charge is 0.480 e. The number of carboxylic acid groups (broad SMARTS) is 1. The third-order valence-corrected chi connectivity index (χ3v) is 7.88. The van der Waals surface area contributed by atoms with E-state index in [1.165, 1.54) is 11.8 Å². The topological polar surface area (TPSA) is 105 Å². The van der Waals surface area contributed by atoms with Gasteiger partial charge in [-0.05, 0) is 22.3 Å². The van der Waals surface area contributed by atoms with Crippen LogP contribution in [-0.2, 0) is 25.7 Å². The average Bonchev–Trinajstić information content (AvgIpc) is 3.00. The van der Waals surface area contributed by atoms with Crippen LogP contribution in [-0.4, -0.2) is 41.4 Å². The molecule has 0 aromatic heterocycles. The van der Waals surface area contributed by atoms with Crippen LogP contribution < -0.4 is 10.6 Å². The number of benzene rings is 4. The fraction of sp³-hybridized carbons (Fsp3) is 0.156. The predicted molar refractivity (Wildman–Crippen MR) is 156 cm³/mol. The molecule has 0 saturated heterocycles. The zero-order valence-corrected chi connectivity index (χ0v) is 22.6. The molecule has 0 aliphatic carbocycles. The number of carbonyl (C=O) groups excluding carboxylic acids is 2. The third-order valence-electron chi connectivity index (χ3n) is 6.24. The number of carboxylic acids is 1. The molecule has 0 spiro atoms. The molecule has 1 atom stereocenters. The van der Waals surface area contributed by atoms with Crippen LogP contribution in [0.4, 0.5) is 4.79 Å². The van der Waals surface area contributed by atoms with Crippen molar-refractivity contribution in [1.82, 2.24) is 10.6 Å². The predicted octanol–water partition coefficient (Wildman–Crippen LogP) is 5.21. The molecule has 0 unspecified atom stereocenters. The van der Waals surface area contributed by atoms with Crippen LogP contribution in [0.2, 0.25) is 0 Å². The van der Waals surface area contributed by atoms with Crippen molar-refractivity contribution in [3.63, 3.8) is 0 Å². The van der Waals surface area contributed by atoms with Gasteiger partial charge in [-0.15, -0.1) is 11.8 Å². The fourth-order valence-corrected chi connectivity index (χ4v) is 5.91. The lowest BCUT2D eigenvalue weighted by molar-refractivity contribution is -0.138. The monoisotopic (exact) mass is 554 g/mol. The standard InChI is InChI=1S/C32H30N2O5S/c35-29(36)21-33-30(37)28(34-31(38)39-22-24-13-5-1-6-14-24)23-40-32(25-15-7-2-8-16-25,26-17-9-3-10-18-26)27-19-11-4-12-20-27/h1-20,28H,21-23H2,(H,33,37)(H,34,38)(H,35,36)/t28-/m1/s1. The minimum atomic E-state index is -1.18. The highest BCUT2D eigenvalue weighted by atomic mass is 32.2. The minimum Gasteiger partial charge on any atom is -0.480 e. The molecule has 0 radical (unpaired) electrons. The van der Waals surface area contributed by atoms with Crippen molar-refractivity contribution in [2.75, 3.05) is 12.3 Å². The Kier molecular flexibility index (Phi) is 9.96. The van der Waals surface area contributed by atoms with Gasteiger partial charge in [-0.25, -0.2) is 4.79 Å². The van der Waals surface area contributed by atoms with Crippen LogP contribution in [0, 0.1) is 0 Å². The van der Waals surface area contributed by atoms with E-state index in [1.54, 1.807) is 0 Å². The maximum atomic E-state index is 13.1. The van der Waals surface area contributed by atoms with Crippen molar-refractivity contribution in [2.24, 2.45) is 0 Å². The molecule has 4 aromatic rings. The molecule has 2 amide bonds. The molecule has 8 heteroatoms. The van der Waals surface area contributed by atoms with Crippen molar-refractivity contribution >= 4 is 29.7 Å². The highest BCUT2D eigenvalue weighted by molar-refractivity contribution is 8.00. The second kappa shape index (κ2) is 14.0. The molecule has 0 bridgehead atoms. The van der Waals surface area contributed by atoms with Gasteiger partial charge in [-0.1, -0.05) is 121 Å². The number of nitrogens with one attached hydrogen (secondary N) is 2. The highest BCUT2D eigenvalue weighted by Gasteiger charge is 2.38. The number of rotatable bonds is 12. The SMILES string of the molecule is O=C(O)CNC(=O)[C@@H](CSC(c1ccccc1)(c1ccccc1)c1ccccc1)NC(=O)OCc1ccccc1. The van der Waals surface area contributed by atoms with E-state index in [0.29, 0.717) is 0 Å². The summed E-state index contributed by atoms with van der Waals surface area (Å²) < 4.78 is 4.63. The molecule has 4 aromatic carbocycles. The lowest BCUT2D eigenvalue weighted by Gasteiger charge is -2.36. The summed E-state index contributed by atoms with van der Waals surface area (Å²) in [6.45, 7) is -0.535. The van der Waals surface area contributed by atoms with Crippen LogP contribution in [0.3, 0.4) is 0 Å². The van der Waals surface area contributed by atoms with E-state index in [2.05, 4.69) is 10.6 Å². The second-order valence-corrected chi connectivity index (χ2v) is 10.2. The number of carbonyl (C=O) groups is 3. The number of hydrogen-bond acceptors (Lipinski definition) is 5. The molecule has 0 fully saturated rings. The Hall–Kier alpha value is -4.56. The summed E-state index contributed by atoms with van der Waals surface area (Å²) >= 11 is 1.48. The summed E-state index contributed by atoms with van der Waals surface area (Å²) in [6, 6.07) is 38.0. The first-order valence-corrected chi connectivity index (χ1v) is 13.7. The Morgan fingerprint density at radius 2 is 1.18 bits per heavy atom. The van der Waals surface area contributed by atoms with E-state index in [1.807, 2.05) is 121 Å². The van der Waals surface area contributed by atoms with Crippen molar-refractivity contribution in [3.05, 3.63) is 144 Å². The van der Waals surface area contributed by atoms with Gasteiger partial charge >= 0.3 is 12.1 Å². The Bertz CT molecular complexity index is 1290. The van der Waals surface area contributed by atoms with Crippen molar-refractivity contribution < 1.29 is 24.2 Å². The summed E-state index contributed by atoms with van der Waals surface area (Å²) in [5, 5.41) is 14.2. The summed E-state index contributed by atoms with van der Waals surface area (Å²) in [5.41, 5.74) is 3.78. The minimum absolute atomic E-state index is 0.0330. The quantitative estimate of drug-likeness (QED) is 0.208. The van der Waals surface area contributed by atoms with Crippen molar-refractivity contribution in [3.8, 4) is 0 Å². The van der Waals surface area contributed by atoms with Gasteiger partial charge in [0.2, 0.25) is 5.91 Å². The van der Waals surface area contributed by atoms with Gasteiger partial charge < -0.3 is 20.5 Å². The van der Waals surface area contributed by atoms with E-state index in [0.717, 1.165) is 22.3 Å². The number of amides is 2.